The molecule has 0 unspecified atom stereocenters. The predicted octanol–water partition coefficient (Wildman–Crippen LogP) is 1.83. The molecule has 1 aliphatic rings. The molecule has 124 valence electrons. The number of aromatic nitrogens is 1. The number of likely N-dealkylation sites (tertiary alicyclic amines) is 1. The molecule has 1 aromatic heterocycles. The Kier molecular flexibility index (Phi) is 4.06. The highest BCUT2D eigenvalue weighted by atomic mass is 32.2. The maximum absolute atomic E-state index is 12.6. The fraction of sp³-hybridized carbons (Fsp3) is 0.438. The molecular weight excluding hydrogens is 316 g/mol. The number of ether oxygens (including phenoxy) is 1. The van der Waals surface area contributed by atoms with Crippen molar-refractivity contribution in [1.29, 1.82) is 0 Å². The fourth-order valence-corrected chi connectivity index (χ4v) is 4.07. The number of sulfone groups is 1. The predicted molar refractivity (Wildman–Crippen MR) is 88.6 cm³/mol. The molecule has 1 fully saturated rings. The first-order valence-corrected chi connectivity index (χ1v) is 9.49. The van der Waals surface area contributed by atoms with Crippen LogP contribution in [0, 0.1) is 0 Å². The average molecular weight is 336 g/mol. The second kappa shape index (κ2) is 5.88. The van der Waals surface area contributed by atoms with Crippen molar-refractivity contribution < 1.29 is 17.9 Å². The number of nitrogens with zero attached hydrogens (tertiary/aromatic N) is 1. The standard InChI is InChI=1S/C16H20N2O4S/c1-22-12-4-3-11-9-15(17-14(11)10-12)16(19)18-7-5-13(6-8-18)23(2,20)21/h3-4,9-10,13,17H,5-8H2,1-2H3. The zero-order valence-corrected chi connectivity index (χ0v) is 14.0. The van der Waals surface area contributed by atoms with Crippen molar-refractivity contribution in [3.05, 3.63) is 30.0 Å². The number of fused-ring (bicyclic) bond motifs is 1. The first-order chi connectivity index (χ1) is 10.9. The Balaban J connectivity index is 1.76. The van der Waals surface area contributed by atoms with Crippen molar-refractivity contribution in [2.45, 2.75) is 18.1 Å². The lowest BCUT2D eigenvalue weighted by atomic mass is 10.1. The molecule has 3 rings (SSSR count). The Morgan fingerprint density at radius 1 is 1.26 bits per heavy atom. The molecule has 2 aromatic rings. The Hall–Kier alpha value is -2.02. The molecule has 1 aliphatic heterocycles. The highest BCUT2D eigenvalue weighted by molar-refractivity contribution is 7.91. The van der Waals surface area contributed by atoms with Crippen LogP contribution < -0.4 is 4.74 Å². The largest absolute Gasteiger partial charge is 0.497 e. The maximum atomic E-state index is 12.6. The van der Waals surface area contributed by atoms with Gasteiger partial charge in [0, 0.05) is 36.3 Å². The number of hydrogen-bond acceptors (Lipinski definition) is 4. The van der Waals surface area contributed by atoms with Crippen molar-refractivity contribution in [2.75, 3.05) is 26.5 Å². The number of H-pyrrole nitrogens is 1. The van der Waals surface area contributed by atoms with Crippen LogP contribution in [0.4, 0.5) is 0 Å². The SMILES string of the molecule is COc1ccc2cc(C(=O)N3CCC(S(C)(=O)=O)CC3)[nH]c2c1. The molecule has 2 heterocycles. The van der Waals surface area contributed by atoms with Crippen LogP contribution in [0.2, 0.25) is 0 Å². The Labute approximate surface area is 135 Å². The number of amides is 1. The number of nitrogens with one attached hydrogen (secondary N) is 1. The molecule has 6 nitrogen and oxygen atoms in total. The Morgan fingerprint density at radius 2 is 1.96 bits per heavy atom. The van der Waals surface area contributed by atoms with Crippen LogP contribution >= 0.6 is 0 Å². The molecular formula is C16H20N2O4S. The summed E-state index contributed by atoms with van der Waals surface area (Å²) in [7, 11) is -1.43. The second-order valence-electron chi connectivity index (χ2n) is 5.96. The molecule has 0 bridgehead atoms. The van der Waals surface area contributed by atoms with Crippen LogP contribution in [0.15, 0.2) is 24.3 Å². The van der Waals surface area contributed by atoms with E-state index in [1.165, 1.54) is 6.26 Å². The first-order valence-electron chi connectivity index (χ1n) is 7.53. The molecule has 0 spiro atoms. The van der Waals surface area contributed by atoms with Crippen molar-refractivity contribution >= 4 is 26.6 Å². The third-order valence-electron chi connectivity index (χ3n) is 4.39. The van der Waals surface area contributed by atoms with Crippen LogP contribution in [-0.4, -0.2) is 55.9 Å². The number of hydrogen-bond donors (Lipinski definition) is 1. The summed E-state index contributed by atoms with van der Waals surface area (Å²) in [6.07, 6.45) is 2.26. The van der Waals surface area contributed by atoms with E-state index in [4.69, 9.17) is 4.74 Å². The summed E-state index contributed by atoms with van der Waals surface area (Å²) < 4.78 is 28.4. The number of piperidine rings is 1. The zero-order valence-electron chi connectivity index (χ0n) is 13.2. The van der Waals surface area contributed by atoms with Crippen molar-refractivity contribution in [3.8, 4) is 5.75 Å². The highest BCUT2D eigenvalue weighted by Crippen LogP contribution is 2.23. The summed E-state index contributed by atoms with van der Waals surface area (Å²) in [5.74, 6) is 0.638. The first kappa shape index (κ1) is 15.9. The van der Waals surface area contributed by atoms with Crippen molar-refractivity contribution in [3.63, 3.8) is 0 Å². The molecule has 23 heavy (non-hydrogen) atoms. The van der Waals surface area contributed by atoms with Crippen LogP contribution in [0.3, 0.4) is 0 Å². The van der Waals surface area contributed by atoms with Crippen LogP contribution in [0.1, 0.15) is 23.3 Å². The van der Waals surface area contributed by atoms with E-state index in [0.717, 1.165) is 16.7 Å². The number of methoxy groups -OCH3 is 1. The number of rotatable bonds is 3. The average Bonchev–Trinajstić information content (AvgIpc) is 2.96. The molecule has 1 amide bonds. The van der Waals surface area contributed by atoms with Gasteiger partial charge in [0.05, 0.1) is 12.4 Å². The molecule has 1 saturated heterocycles. The summed E-state index contributed by atoms with van der Waals surface area (Å²) in [5, 5.41) is 0.610. The van der Waals surface area contributed by atoms with E-state index in [-0.39, 0.29) is 11.2 Å². The van der Waals surface area contributed by atoms with Gasteiger partial charge in [0.2, 0.25) is 0 Å². The molecule has 7 heteroatoms. The van der Waals surface area contributed by atoms with E-state index in [0.29, 0.717) is 31.6 Å². The summed E-state index contributed by atoms with van der Waals surface area (Å²) in [6, 6.07) is 7.42. The zero-order chi connectivity index (χ0) is 16.6. The van der Waals surface area contributed by atoms with Crippen LogP contribution in [0.25, 0.3) is 10.9 Å². The van der Waals surface area contributed by atoms with Gasteiger partial charge in [-0.3, -0.25) is 4.79 Å². The molecule has 1 aromatic carbocycles. The van der Waals surface area contributed by atoms with Gasteiger partial charge in [-0.1, -0.05) is 0 Å². The molecule has 0 atom stereocenters. The van der Waals surface area contributed by atoms with Gasteiger partial charge in [-0.25, -0.2) is 8.42 Å². The molecule has 1 N–H and O–H groups in total. The van der Waals surface area contributed by atoms with Crippen LogP contribution in [-0.2, 0) is 9.84 Å². The highest BCUT2D eigenvalue weighted by Gasteiger charge is 2.29. The fourth-order valence-electron chi connectivity index (χ4n) is 3.01. The quantitative estimate of drug-likeness (QED) is 0.927. The van der Waals surface area contributed by atoms with Gasteiger partial charge >= 0.3 is 0 Å². The van der Waals surface area contributed by atoms with Gasteiger partial charge in [0.1, 0.15) is 21.3 Å². The summed E-state index contributed by atoms with van der Waals surface area (Å²) >= 11 is 0. The third kappa shape index (κ3) is 3.19. The van der Waals surface area contributed by atoms with Gasteiger partial charge < -0.3 is 14.6 Å². The normalized spacial score (nSPS) is 16.7. The van der Waals surface area contributed by atoms with E-state index >= 15 is 0 Å². The van der Waals surface area contributed by atoms with Crippen LogP contribution in [0.5, 0.6) is 5.75 Å². The topological polar surface area (TPSA) is 79.5 Å². The number of benzene rings is 1. The van der Waals surface area contributed by atoms with Crippen molar-refractivity contribution in [1.82, 2.24) is 9.88 Å². The number of carbonyl (C=O) groups is 1. The van der Waals surface area contributed by atoms with E-state index in [9.17, 15) is 13.2 Å². The van der Waals surface area contributed by atoms with E-state index < -0.39 is 9.84 Å². The summed E-state index contributed by atoms with van der Waals surface area (Å²) in [5.41, 5.74) is 1.37. The number of aromatic amines is 1. The van der Waals surface area contributed by atoms with Gasteiger partial charge in [0.25, 0.3) is 5.91 Å². The lowest BCUT2D eigenvalue weighted by Crippen LogP contribution is -2.42. The Morgan fingerprint density at radius 3 is 2.57 bits per heavy atom. The maximum Gasteiger partial charge on any atom is 0.270 e. The van der Waals surface area contributed by atoms with Gasteiger partial charge in [-0.2, -0.15) is 0 Å². The van der Waals surface area contributed by atoms with E-state index in [2.05, 4.69) is 4.98 Å². The third-order valence-corrected chi connectivity index (χ3v) is 6.08. The summed E-state index contributed by atoms with van der Waals surface area (Å²) in [4.78, 5) is 17.4. The lowest BCUT2D eigenvalue weighted by molar-refractivity contribution is 0.0721. The molecule has 0 aliphatic carbocycles. The van der Waals surface area contributed by atoms with Gasteiger partial charge in [0.15, 0.2) is 0 Å². The second-order valence-corrected chi connectivity index (χ2v) is 8.28. The minimum absolute atomic E-state index is 0.0906. The monoisotopic (exact) mass is 336 g/mol. The smallest absolute Gasteiger partial charge is 0.270 e. The molecule has 0 saturated carbocycles. The Bertz CT molecular complexity index is 833. The summed E-state index contributed by atoms with van der Waals surface area (Å²) in [6.45, 7) is 0.935. The van der Waals surface area contributed by atoms with Gasteiger partial charge in [-0.15, -0.1) is 0 Å². The minimum Gasteiger partial charge on any atom is -0.497 e. The van der Waals surface area contributed by atoms with E-state index in [1.807, 2.05) is 24.3 Å². The molecule has 0 radical (unpaired) electrons. The lowest BCUT2D eigenvalue weighted by Gasteiger charge is -2.30. The number of carbonyl (C=O) groups excluding carboxylic acids is 1. The van der Waals surface area contributed by atoms with Gasteiger partial charge in [-0.05, 0) is 31.0 Å². The minimum atomic E-state index is -3.03. The van der Waals surface area contributed by atoms with Crippen molar-refractivity contribution in [2.24, 2.45) is 0 Å². The van der Waals surface area contributed by atoms with E-state index in [1.54, 1.807) is 12.0 Å².